The Morgan fingerprint density at radius 2 is 2.04 bits per heavy atom. The number of nitrogens with zero attached hydrogens (tertiary/aromatic N) is 3. The topological polar surface area (TPSA) is 47.9 Å². The van der Waals surface area contributed by atoms with Crippen molar-refractivity contribution in [2.45, 2.75) is 38.8 Å². The maximum absolute atomic E-state index is 11.8. The van der Waals surface area contributed by atoms with Crippen LogP contribution in [0.4, 0.5) is 0 Å². The van der Waals surface area contributed by atoms with E-state index in [-0.39, 0.29) is 5.91 Å². The van der Waals surface area contributed by atoms with Gasteiger partial charge in [0.15, 0.2) is 0 Å². The molecule has 0 radical (unpaired) electrons. The van der Waals surface area contributed by atoms with E-state index in [9.17, 15) is 4.79 Å². The van der Waals surface area contributed by atoms with Crippen molar-refractivity contribution in [3.8, 4) is 0 Å². The summed E-state index contributed by atoms with van der Waals surface area (Å²) in [5.41, 5.74) is 5.58. The zero-order chi connectivity index (χ0) is 18.4. The van der Waals surface area contributed by atoms with Gasteiger partial charge in [0, 0.05) is 54.7 Å². The van der Waals surface area contributed by atoms with E-state index >= 15 is 0 Å². The molecule has 1 saturated heterocycles. The fraction of sp³-hybridized carbons (Fsp3) is 0.364. The van der Waals surface area contributed by atoms with Crippen molar-refractivity contribution in [1.82, 2.24) is 15.1 Å². The van der Waals surface area contributed by atoms with E-state index in [1.807, 2.05) is 12.3 Å². The number of nitrogens with one attached hydrogen (secondary N) is 1. The van der Waals surface area contributed by atoms with Gasteiger partial charge >= 0.3 is 0 Å². The lowest BCUT2D eigenvalue weighted by Gasteiger charge is -2.28. The van der Waals surface area contributed by atoms with Crippen LogP contribution in [-0.2, 0) is 11.3 Å². The minimum absolute atomic E-state index is 0.0586. The number of amides is 1. The molecule has 5 heteroatoms. The van der Waals surface area contributed by atoms with Gasteiger partial charge in [-0.3, -0.25) is 9.69 Å². The Hall–Kier alpha value is -2.66. The zero-order valence-corrected chi connectivity index (χ0v) is 15.6. The molecule has 4 aliphatic heterocycles. The van der Waals surface area contributed by atoms with Gasteiger partial charge in [-0.05, 0) is 37.9 Å². The van der Waals surface area contributed by atoms with Crippen LogP contribution in [-0.4, -0.2) is 40.7 Å². The molecule has 0 spiro atoms. The lowest BCUT2D eigenvalue weighted by molar-refractivity contribution is -0.115. The predicted molar refractivity (Wildman–Crippen MR) is 106 cm³/mol. The largest absolute Gasteiger partial charge is 0.324 e. The van der Waals surface area contributed by atoms with Gasteiger partial charge in [-0.15, -0.1) is 0 Å². The summed E-state index contributed by atoms with van der Waals surface area (Å²) in [4.78, 5) is 21.4. The highest BCUT2D eigenvalue weighted by Crippen LogP contribution is 2.34. The number of rotatable bonds is 3. The minimum atomic E-state index is -0.0586. The monoisotopic (exact) mass is 360 g/mol. The number of likely N-dealkylation sites (tertiary alicyclic amines) is 1. The van der Waals surface area contributed by atoms with Gasteiger partial charge in [0.1, 0.15) is 5.84 Å². The summed E-state index contributed by atoms with van der Waals surface area (Å²) in [6.45, 7) is 5.39. The van der Waals surface area contributed by atoms with Gasteiger partial charge in [0.05, 0.1) is 5.70 Å². The lowest BCUT2D eigenvalue weighted by Crippen LogP contribution is -2.31. The molecule has 1 N–H and O–H groups in total. The molecule has 1 aromatic carbocycles. The molecule has 4 aliphatic rings. The van der Waals surface area contributed by atoms with Gasteiger partial charge in [0.25, 0.3) is 0 Å². The molecule has 0 aromatic heterocycles. The van der Waals surface area contributed by atoms with Crippen LogP contribution in [0.15, 0.2) is 64.6 Å². The van der Waals surface area contributed by atoms with E-state index in [4.69, 9.17) is 4.99 Å². The number of allylic oxidation sites excluding steroid dienone is 1. The van der Waals surface area contributed by atoms with E-state index in [1.165, 1.54) is 24.9 Å². The molecule has 0 saturated carbocycles. The van der Waals surface area contributed by atoms with E-state index in [1.54, 1.807) is 6.08 Å². The van der Waals surface area contributed by atoms with Crippen molar-refractivity contribution in [2.24, 2.45) is 4.99 Å². The Kier molecular flexibility index (Phi) is 3.97. The molecule has 1 amide bonds. The van der Waals surface area contributed by atoms with E-state index < -0.39 is 0 Å². The summed E-state index contributed by atoms with van der Waals surface area (Å²) in [7, 11) is 0. The van der Waals surface area contributed by atoms with Crippen LogP contribution in [0.1, 0.15) is 37.3 Å². The van der Waals surface area contributed by atoms with Gasteiger partial charge < -0.3 is 10.2 Å². The SMILES string of the molecule is CC1CCCN1Cc1ccc(C2=NC=C3C=CC(=O)NC4=C3N2CC4)cc1. The first kappa shape index (κ1) is 16.5. The molecule has 1 unspecified atom stereocenters. The quantitative estimate of drug-likeness (QED) is 0.902. The Morgan fingerprint density at radius 1 is 1.19 bits per heavy atom. The van der Waals surface area contributed by atoms with Crippen molar-refractivity contribution < 1.29 is 4.79 Å². The molecule has 1 fully saturated rings. The second kappa shape index (κ2) is 6.50. The Morgan fingerprint density at radius 3 is 2.81 bits per heavy atom. The molecule has 1 atom stereocenters. The van der Waals surface area contributed by atoms with Crippen LogP contribution < -0.4 is 5.32 Å². The van der Waals surface area contributed by atoms with Crippen LogP contribution in [0.25, 0.3) is 0 Å². The summed E-state index contributed by atoms with van der Waals surface area (Å²) < 4.78 is 0. The minimum Gasteiger partial charge on any atom is -0.324 e. The molecule has 138 valence electrons. The highest BCUT2D eigenvalue weighted by molar-refractivity contribution is 6.02. The second-order valence-corrected chi connectivity index (χ2v) is 7.75. The molecule has 5 nitrogen and oxygen atoms in total. The van der Waals surface area contributed by atoms with Gasteiger partial charge in [-0.25, -0.2) is 4.99 Å². The first-order valence-electron chi connectivity index (χ1n) is 9.80. The standard InChI is InChI=1S/C22H24N4O/c1-15-3-2-11-25(15)14-16-4-6-17(7-5-16)22-23-13-18-8-9-20(27)24-19-10-12-26(22)21(18)19/h4-9,13,15H,2-3,10-12,14H2,1H3,(H,24,27). The average Bonchev–Trinajstić information content (AvgIpc) is 3.23. The van der Waals surface area contributed by atoms with E-state index in [0.717, 1.165) is 47.9 Å². The van der Waals surface area contributed by atoms with Crippen LogP contribution in [0.2, 0.25) is 0 Å². The molecule has 1 aromatic rings. The third kappa shape index (κ3) is 2.92. The summed E-state index contributed by atoms with van der Waals surface area (Å²) in [6, 6.07) is 9.49. The van der Waals surface area contributed by atoms with Crippen LogP contribution in [0.5, 0.6) is 0 Å². The number of carbonyl (C=O) groups is 1. The molecule has 0 aliphatic carbocycles. The van der Waals surface area contributed by atoms with Crippen molar-refractivity contribution in [1.29, 1.82) is 0 Å². The lowest BCUT2D eigenvalue weighted by atomic mass is 10.1. The first-order valence-corrected chi connectivity index (χ1v) is 9.80. The number of benzene rings is 1. The van der Waals surface area contributed by atoms with Crippen LogP contribution in [0.3, 0.4) is 0 Å². The molecule has 5 rings (SSSR count). The van der Waals surface area contributed by atoms with Gasteiger partial charge in [-0.1, -0.05) is 24.3 Å². The highest BCUT2D eigenvalue weighted by Gasteiger charge is 2.32. The Balaban J connectivity index is 1.41. The molecule has 4 heterocycles. The Bertz CT molecular complexity index is 907. The van der Waals surface area contributed by atoms with Crippen molar-refractivity contribution in [3.05, 3.63) is 70.7 Å². The maximum Gasteiger partial charge on any atom is 0.248 e. The fourth-order valence-corrected chi connectivity index (χ4v) is 4.47. The molecule has 27 heavy (non-hydrogen) atoms. The normalized spacial score (nSPS) is 24.6. The second-order valence-electron chi connectivity index (χ2n) is 7.75. The summed E-state index contributed by atoms with van der Waals surface area (Å²) in [5.74, 6) is 0.908. The zero-order valence-electron chi connectivity index (χ0n) is 15.6. The summed E-state index contributed by atoms with van der Waals surface area (Å²) in [5, 5.41) is 3.01. The van der Waals surface area contributed by atoms with E-state index in [0.29, 0.717) is 6.04 Å². The average molecular weight is 360 g/mol. The van der Waals surface area contributed by atoms with E-state index in [2.05, 4.69) is 46.3 Å². The van der Waals surface area contributed by atoms with Gasteiger partial charge in [0.2, 0.25) is 5.91 Å². The Labute approximate surface area is 159 Å². The molecule has 0 bridgehead atoms. The van der Waals surface area contributed by atoms with Crippen LogP contribution >= 0.6 is 0 Å². The number of carbonyl (C=O) groups excluding carboxylic acids is 1. The number of hydrogen-bond donors (Lipinski definition) is 1. The van der Waals surface area contributed by atoms with Gasteiger partial charge in [-0.2, -0.15) is 0 Å². The van der Waals surface area contributed by atoms with Crippen molar-refractivity contribution >= 4 is 11.7 Å². The van der Waals surface area contributed by atoms with Crippen LogP contribution in [0, 0.1) is 0 Å². The highest BCUT2D eigenvalue weighted by atomic mass is 16.1. The number of amidine groups is 1. The predicted octanol–water partition coefficient (Wildman–Crippen LogP) is 2.92. The summed E-state index contributed by atoms with van der Waals surface area (Å²) in [6.07, 6.45) is 8.77. The number of aliphatic imine (C=N–C) groups is 1. The van der Waals surface area contributed by atoms with Crippen molar-refractivity contribution in [3.63, 3.8) is 0 Å². The van der Waals surface area contributed by atoms with Crippen molar-refractivity contribution in [2.75, 3.05) is 13.1 Å². The first-order chi connectivity index (χ1) is 13.2. The number of hydrogen-bond acceptors (Lipinski definition) is 4. The maximum atomic E-state index is 11.8. The fourth-order valence-electron chi connectivity index (χ4n) is 4.47. The molecular formula is C22H24N4O. The molecular weight excluding hydrogens is 336 g/mol. The summed E-state index contributed by atoms with van der Waals surface area (Å²) >= 11 is 0. The third-order valence-electron chi connectivity index (χ3n) is 5.97. The third-order valence-corrected chi connectivity index (χ3v) is 5.97. The smallest absolute Gasteiger partial charge is 0.248 e.